The van der Waals surface area contributed by atoms with Crippen LogP contribution in [-0.4, -0.2) is 145 Å². The Morgan fingerprint density at radius 2 is 1.23 bits per heavy atom. The maximum atomic E-state index is 12.8. The number of ether oxygens (including phenoxy) is 3. The van der Waals surface area contributed by atoms with Crippen molar-refractivity contribution in [3.05, 3.63) is 108 Å². The molecule has 5 N–H and O–H groups in total. The number of benzene rings is 4. The van der Waals surface area contributed by atoms with E-state index in [9.17, 15) is 74.8 Å². The second-order valence-electron chi connectivity index (χ2n) is 19.0. The lowest BCUT2D eigenvalue weighted by molar-refractivity contribution is -0.442. The summed E-state index contributed by atoms with van der Waals surface area (Å²) in [6, 6.07) is 9.35. The minimum absolute atomic E-state index is 0.000943. The second kappa shape index (κ2) is 24.0. The number of unbranched alkanes of at least 4 members (excludes halogenated alkanes) is 2. The number of carboxylic acids is 1. The lowest BCUT2D eigenvalue weighted by atomic mass is 9.74. The number of fused-ring (bicyclic) bond motifs is 6. The van der Waals surface area contributed by atoms with Crippen LogP contribution in [0.15, 0.2) is 116 Å². The molecule has 0 bridgehead atoms. The van der Waals surface area contributed by atoms with Gasteiger partial charge >= 0.3 is 5.97 Å². The van der Waals surface area contributed by atoms with Crippen molar-refractivity contribution in [2.45, 2.75) is 89.7 Å². The smallest absolute Gasteiger partial charge is 0.303 e. The largest absolute Gasteiger partial charge is 0.744 e. The Balaban J connectivity index is 1.43. The van der Waals surface area contributed by atoms with Crippen molar-refractivity contribution in [3.8, 4) is 0 Å². The molecule has 27 heteroatoms. The third-order valence-corrected chi connectivity index (χ3v) is 17.6. The number of rotatable bonds is 27. The lowest BCUT2D eigenvalue weighted by Crippen LogP contribution is -2.33. The SMILES string of the molecule is COCCOCCOCC[N+]1=C(/C=C/C=C/C=C/C=C2/N(CCCCCC(=O)O)c3ccc4c(S(=O)(=O)[O-])cc(S(=O)(=O)O)cc4c3C2(C)C)C(C)(CCCS(=O)(=O)O)c2c1ccc1c(S(=O)(=O)O)cc(S(=O)(=O)O)cc21. The van der Waals surface area contributed by atoms with Gasteiger partial charge in [0.15, 0.2) is 12.3 Å². The van der Waals surface area contributed by atoms with Crippen molar-refractivity contribution in [2.75, 3.05) is 63.9 Å². The van der Waals surface area contributed by atoms with E-state index in [0.29, 0.717) is 85.1 Å². The molecule has 77 heavy (non-hydrogen) atoms. The predicted octanol–water partition coefficient (Wildman–Crippen LogP) is 6.34. The van der Waals surface area contributed by atoms with Gasteiger partial charge in [-0.3, -0.25) is 23.0 Å². The van der Waals surface area contributed by atoms with Gasteiger partial charge in [-0.15, -0.1) is 0 Å². The number of carboxylic acid groups (broad SMARTS) is 1. The van der Waals surface area contributed by atoms with Crippen LogP contribution in [0.1, 0.15) is 70.4 Å². The van der Waals surface area contributed by atoms with Crippen LogP contribution in [-0.2, 0) is 80.4 Å². The third kappa shape index (κ3) is 14.3. The molecule has 0 aromatic heterocycles. The Hall–Kier alpha value is -5.27. The zero-order valence-corrected chi connectivity index (χ0v) is 46.4. The van der Waals surface area contributed by atoms with Gasteiger partial charge in [0.25, 0.3) is 40.5 Å². The number of carbonyl (C=O) groups is 1. The number of anilines is 1. The Kier molecular flexibility index (Phi) is 19.0. The van der Waals surface area contributed by atoms with E-state index in [4.69, 9.17) is 14.2 Å². The summed E-state index contributed by atoms with van der Waals surface area (Å²) < 4.78 is 195. The molecular formula is C50H60N2O20S5. The molecule has 0 aliphatic carbocycles. The number of aliphatic carboxylic acids is 1. The Morgan fingerprint density at radius 1 is 0.662 bits per heavy atom. The Bertz CT molecular complexity index is 3700. The minimum atomic E-state index is -5.25. The van der Waals surface area contributed by atoms with E-state index in [2.05, 4.69) is 0 Å². The van der Waals surface area contributed by atoms with Gasteiger partial charge in [0.2, 0.25) is 5.69 Å². The van der Waals surface area contributed by atoms with Crippen molar-refractivity contribution in [3.63, 3.8) is 0 Å². The quantitative estimate of drug-likeness (QED) is 0.0188. The number of hydrogen-bond donors (Lipinski definition) is 5. The van der Waals surface area contributed by atoms with E-state index in [-0.39, 0.29) is 67.2 Å². The molecule has 6 rings (SSSR count). The fourth-order valence-electron chi connectivity index (χ4n) is 10.0. The van der Waals surface area contributed by atoms with Gasteiger partial charge in [-0.25, -0.2) is 8.42 Å². The van der Waals surface area contributed by atoms with E-state index in [1.165, 1.54) is 19.2 Å². The molecule has 4 aromatic carbocycles. The van der Waals surface area contributed by atoms with Crippen molar-refractivity contribution in [2.24, 2.45) is 0 Å². The highest BCUT2D eigenvalue weighted by Gasteiger charge is 2.49. The molecular weight excluding hydrogens is 1110 g/mol. The summed E-state index contributed by atoms with van der Waals surface area (Å²) in [7, 11) is -23.4. The highest BCUT2D eigenvalue weighted by molar-refractivity contribution is 7.87. The normalized spacial score (nSPS) is 17.8. The summed E-state index contributed by atoms with van der Waals surface area (Å²) in [5.41, 5.74) is 0.626. The second-order valence-corrected chi connectivity index (χ2v) is 26.1. The van der Waals surface area contributed by atoms with Crippen LogP contribution in [0.5, 0.6) is 0 Å². The van der Waals surface area contributed by atoms with E-state index < -0.39 is 92.7 Å². The van der Waals surface area contributed by atoms with Gasteiger partial charge in [-0.05, 0) is 96.8 Å². The number of hydrogen-bond acceptors (Lipinski definition) is 16. The average molecular weight is 1170 g/mol. The molecule has 420 valence electrons. The van der Waals surface area contributed by atoms with E-state index in [0.717, 1.165) is 12.1 Å². The molecule has 0 saturated heterocycles. The van der Waals surface area contributed by atoms with Gasteiger partial charge in [-0.2, -0.15) is 38.2 Å². The molecule has 1 atom stereocenters. The fourth-order valence-corrected chi connectivity index (χ4v) is 13.2. The van der Waals surface area contributed by atoms with Gasteiger partial charge in [0.05, 0.1) is 52.3 Å². The zero-order valence-electron chi connectivity index (χ0n) is 42.4. The molecule has 0 saturated carbocycles. The first kappa shape index (κ1) is 61.0. The molecule has 22 nitrogen and oxygen atoms in total. The van der Waals surface area contributed by atoms with Crippen LogP contribution < -0.4 is 4.90 Å². The average Bonchev–Trinajstić information content (AvgIpc) is 3.70. The van der Waals surface area contributed by atoms with E-state index >= 15 is 0 Å². The van der Waals surface area contributed by atoms with Gasteiger partial charge in [0, 0.05) is 60.0 Å². The molecule has 0 amide bonds. The molecule has 2 aliphatic rings. The summed E-state index contributed by atoms with van der Waals surface area (Å²) in [6.07, 6.45) is 13.1. The van der Waals surface area contributed by atoms with E-state index in [1.54, 1.807) is 61.6 Å². The molecule has 0 spiro atoms. The predicted molar refractivity (Wildman–Crippen MR) is 284 cm³/mol. The molecule has 2 aliphatic heterocycles. The summed E-state index contributed by atoms with van der Waals surface area (Å²) in [5.74, 6) is -1.62. The first-order valence-electron chi connectivity index (χ1n) is 23.9. The molecule has 0 fully saturated rings. The van der Waals surface area contributed by atoms with Crippen LogP contribution in [0.4, 0.5) is 11.4 Å². The van der Waals surface area contributed by atoms with Crippen LogP contribution in [0.25, 0.3) is 21.5 Å². The maximum absolute atomic E-state index is 12.8. The fraction of sp³-hybridized carbons (Fsp3) is 0.400. The van der Waals surface area contributed by atoms with Gasteiger partial charge < -0.3 is 28.8 Å². The van der Waals surface area contributed by atoms with Crippen molar-refractivity contribution in [1.29, 1.82) is 0 Å². The standard InChI is InChI=1S/C50H60N2O20S5/c1-49(2)44(51(22-12-8-11-16-46(53)54)40-19-17-36-38(47(40)49)30-34(74(58,59)60)32-42(36)76(64,65)66)14-9-6-5-7-10-15-45-50(3,21-13-29-73(55,56)57)48-39-31-35(75(61,62)63)33-43(77(67,68)69)37(39)18-20-41(48)52(45)23-24-71-27-28-72-26-25-70-4/h5-7,9-10,14-15,17-20,30-33H,8,11-13,16,21-29H2,1-4H3,(H5-,53,54,55,56,57,58,59,60,61,62,63,64,65,66,67,68,69). The van der Waals surface area contributed by atoms with Crippen LogP contribution in [0, 0.1) is 0 Å². The lowest BCUT2D eigenvalue weighted by Gasteiger charge is -2.27. The number of allylic oxidation sites excluding steroid dienone is 8. The summed E-state index contributed by atoms with van der Waals surface area (Å²) >= 11 is 0. The third-order valence-electron chi connectivity index (χ3n) is 13.4. The molecule has 1 unspecified atom stereocenters. The van der Waals surface area contributed by atoms with Crippen LogP contribution >= 0.6 is 0 Å². The van der Waals surface area contributed by atoms with Crippen molar-refractivity contribution >= 4 is 95.2 Å². The number of nitrogens with zero attached hydrogens (tertiary/aromatic N) is 2. The molecule has 4 aromatic rings. The summed E-state index contributed by atoms with van der Waals surface area (Å²) in [4.78, 5) is 9.89. The minimum Gasteiger partial charge on any atom is -0.744 e. The highest BCUT2D eigenvalue weighted by Crippen LogP contribution is 2.52. The molecule has 0 radical (unpaired) electrons. The topological polar surface area (TPSA) is 346 Å². The summed E-state index contributed by atoms with van der Waals surface area (Å²) in [6.45, 7) is 7.05. The first-order valence-corrected chi connectivity index (χ1v) is 31.2. The number of methoxy groups -OCH3 is 1. The van der Waals surface area contributed by atoms with Crippen molar-refractivity contribution < 1.29 is 93.5 Å². The van der Waals surface area contributed by atoms with Crippen LogP contribution in [0.3, 0.4) is 0 Å². The van der Waals surface area contributed by atoms with Gasteiger partial charge in [-0.1, -0.05) is 56.7 Å². The maximum Gasteiger partial charge on any atom is 0.303 e. The highest BCUT2D eigenvalue weighted by atomic mass is 32.2. The van der Waals surface area contributed by atoms with Crippen LogP contribution in [0.2, 0.25) is 0 Å². The first-order chi connectivity index (χ1) is 35.8. The Morgan fingerprint density at radius 3 is 1.83 bits per heavy atom. The van der Waals surface area contributed by atoms with E-state index in [1.807, 2.05) is 23.3 Å². The summed E-state index contributed by atoms with van der Waals surface area (Å²) in [5, 5.41) is 9.14. The Labute approximate surface area is 447 Å². The monoisotopic (exact) mass is 1170 g/mol. The zero-order chi connectivity index (χ0) is 56.9. The molecule has 2 heterocycles. The van der Waals surface area contributed by atoms with Crippen molar-refractivity contribution in [1.82, 2.24) is 0 Å². The van der Waals surface area contributed by atoms with Gasteiger partial charge in [0.1, 0.15) is 21.6 Å².